The highest BCUT2D eigenvalue weighted by Crippen LogP contribution is 2.47. The Morgan fingerprint density at radius 3 is 2.67 bits per heavy atom. The summed E-state index contributed by atoms with van der Waals surface area (Å²) in [5.74, 6) is -0.124. The van der Waals surface area contributed by atoms with E-state index in [0.29, 0.717) is 10.6 Å². The zero-order valence-corrected chi connectivity index (χ0v) is 24.9. The lowest BCUT2D eigenvalue weighted by molar-refractivity contribution is -0.384. The van der Waals surface area contributed by atoms with Gasteiger partial charge in [0.1, 0.15) is 17.3 Å². The van der Waals surface area contributed by atoms with E-state index >= 15 is 0 Å². The van der Waals surface area contributed by atoms with Crippen molar-refractivity contribution in [2.75, 3.05) is 10.6 Å². The Labute approximate surface area is 251 Å². The molecule has 0 aliphatic carbocycles. The van der Waals surface area contributed by atoms with E-state index in [9.17, 15) is 28.1 Å². The highest BCUT2D eigenvalue weighted by atomic mass is 79.9. The van der Waals surface area contributed by atoms with Gasteiger partial charge < -0.3 is 15.4 Å². The van der Waals surface area contributed by atoms with E-state index in [1.54, 1.807) is 17.5 Å². The molecule has 1 aliphatic heterocycles. The molecule has 0 spiro atoms. The lowest BCUT2D eigenvalue weighted by Crippen LogP contribution is -2.35. The number of aromatic nitrogens is 2. The number of hydrogen-bond donors (Lipinski definition) is 2. The van der Waals surface area contributed by atoms with Gasteiger partial charge in [-0.25, -0.2) is 4.68 Å². The van der Waals surface area contributed by atoms with E-state index in [1.165, 1.54) is 23.5 Å². The number of nitrogens with one attached hydrogen (secondary N) is 2. The molecule has 3 heterocycles. The largest absolute Gasteiger partial charge is 0.457 e. The molecule has 2 atom stereocenters. The average molecular weight is 665 g/mol. The SMILES string of the molecule is Cc1ccc(C(C)C)c(Oc2cc(NC(=O)c3nn4c(c3Br)NC(c3cccs3)CC4C(F)(F)F)cc([N+](=O)[O-])c2)c1. The topological polar surface area (TPSA) is 111 Å². The Morgan fingerprint density at radius 2 is 2.02 bits per heavy atom. The van der Waals surface area contributed by atoms with Gasteiger partial charge in [0.2, 0.25) is 0 Å². The Bertz CT molecular complexity index is 1660. The van der Waals surface area contributed by atoms with Crippen LogP contribution in [0.15, 0.2) is 58.4 Å². The van der Waals surface area contributed by atoms with E-state index in [1.807, 2.05) is 39.0 Å². The van der Waals surface area contributed by atoms with E-state index in [0.717, 1.165) is 21.9 Å². The minimum Gasteiger partial charge on any atom is -0.457 e. The predicted octanol–water partition coefficient (Wildman–Crippen LogP) is 8.75. The van der Waals surface area contributed by atoms with E-state index in [4.69, 9.17) is 4.74 Å². The van der Waals surface area contributed by atoms with Crippen LogP contribution in [0.2, 0.25) is 0 Å². The number of aryl methyl sites for hydroxylation is 1. The van der Waals surface area contributed by atoms with Crippen molar-refractivity contribution < 1.29 is 27.6 Å². The average Bonchev–Trinajstić information content (AvgIpc) is 3.56. The first-order chi connectivity index (χ1) is 19.8. The van der Waals surface area contributed by atoms with Crippen molar-refractivity contribution in [1.82, 2.24) is 9.78 Å². The van der Waals surface area contributed by atoms with Gasteiger partial charge in [-0.1, -0.05) is 32.0 Å². The number of nitrogens with zero attached hydrogens (tertiary/aromatic N) is 3. The van der Waals surface area contributed by atoms with Crippen molar-refractivity contribution in [2.45, 2.75) is 51.4 Å². The molecule has 1 amide bonds. The number of carbonyl (C=O) groups is 1. The molecule has 2 aromatic heterocycles. The van der Waals surface area contributed by atoms with Crippen LogP contribution in [0.3, 0.4) is 0 Å². The Morgan fingerprint density at radius 1 is 1.26 bits per heavy atom. The molecule has 42 heavy (non-hydrogen) atoms. The smallest absolute Gasteiger partial charge is 0.410 e. The van der Waals surface area contributed by atoms with Gasteiger partial charge in [0.15, 0.2) is 11.7 Å². The molecule has 2 unspecified atom stereocenters. The second-order valence-electron chi connectivity index (χ2n) is 10.2. The number of halogens is 4. The summed E-state index contributed by atoms with van der Waals surface area (Å²) < 4.78 is 49.1. The number of nitro groups is 1. The van der Waals surface area contributed by atoms with Gasteiger partial charge in [-0.15, -0.1) is 11.3 Å². The van der Waals surface area contributed by atoms with Crippen molar-refractivity contribution in [2.24, 2.45) is 0 Å². The van der Waals surface area contributed by atoms with Crippen molar-refractivity contribution in [1.29, 1.82) is 0 Å². The third kappa shape index (κ3) is 6.00. The normalized spacial score (nSPS) is 16.6. The van der Waals surface area contributed by atoms with Gasteiger partial charge in [0.05, 0.1) is 27.2 Å². The third-order valence-electron chi connectivity index (χ3n) is 6.78. The number of non-ortho nitro benzene ring substituents is 1. The van der Waals surface area contributed by atoms with Crippen LogP contribution >= 0.6 is 27.3 Å². The number of nitro benzene ring substituents is 1. The summed E-state index contributed by atoms with van der Waals surface area (Å²) in [6.45, 7) is 5.86. The molecule has 0 bridgehead atoms. The molecular formula is C28H25BrF3N5O4S. The molecule has 4 aromatic rings. The molecule has 0 radical (unpaired) electrons. The van der Waals surface area contributed by atoms with Crippen molar-refractivity contribution >= 4 is 50.4 Å². The molecule has 0 fully saturated rings. The monoisotopic (exact) mass is 663 g/mol. The molecule has 9 nitrogen and oxygen atoms in total. The second kappa shape index (κ2) is 11.4. The quantitative estimate of drug-likeness (QED) is 0.151. The number of carbonyl (C=O) groups excluding carboxylic acids is 1. The fourth-order valence-corrected chi connectivity index (χ4v) is 6.10. The van der Waals surface area contributed by atoms with Gasteiger partial charge in [-0.05, 0) is 57.4 Å². The molecule has 2 aromatic carbocycles. The lowest BCUT2D eigenvalue weighted by atomic mass is 10.0. The van der Waals surface area contributed by atoms with Crippen LogP contribution in [-0.2, 0) is 0 Å². The summed E-state index contributed by atoms with van der Waals surface area (Å²) in [6, 6.07) is 10.3. The number of fused-ring (bicyclic) bond motifs is 1. The van der Waals surface area contributed by atoms with Crippen LogP contribution in [0.5, 0.6) is 11.5 Å². The molecule has 220 valence electrons. The van der Waals surface area contributed by atoms with Crippen LogP contribution in [-0.4, -0.2) is 26.8 Å². The summed E-state index contributed by atoms with van der Waals surface area (Å²) in [4.78, 5) is 25.1. The highest BCUT2D eigenvalue weighted by molar-refractivity contribution is 9.10. The first-order valence-corrected chi connectivity index (χ1v) is 14.5. The first-order valence-electron chi connectivity index (χ1n) is 12.9. The molecule has 5 rings (SSSR count). The van der Waals surface area contributed by atoms with E-state index < -0.39 is 29.1 Å². The minimum atomic E-state index is -4.62. The van der Waals surface area contributed by atoms with Crippen molar-refractivity contribution in [3.05, 3.63) is 90.2 Å². The molecule has 0 saturated carbocycles. The van der Waals surface area contributed by atoms with Gasteiger partial charge in [0.25, 0.3) is 11.6 Å². The summed E-state index contributed by atoms with van der Waals surface area (Å²) in [7, 11) is 0. The van der Waals surface area contributed by atoms with Crippen LogP contribution in [0.25, 0.3) is 0 Å². The number of benzene rings is 2. The van der Waals surface area contributed by atoms with Gasteiger partial charge in [0, 0.05) is 23.4 Å². The minimum absolute atomic E-state index is 0.0100. The number of hydrogen-bond acceptors (Lipinski definition) is 7. The Hall–Kier alpha value is -3.91. The molecule has 2 N–H and O–H groups in total. The number of thiophene rings is 1. The van der Waals surface area contributed by atoms with Crippen LogP contribution in [0.1, 0.15) is 64.8 Å². The lowest BCUT2D eigenvalue weighted by Gasteiger charge is -2.33. The summed E-state index contributed by atoms with van der Waals surface area (Å²) >= 11 is 4.58. The molecule has 1 aliphatic rings. The molecular weight excluding hydrogens is 639 g/mol. The van der Waals surface area contributed by atoms with Crippen molar-refractivity contribution in [3.63, 3.8) is 0 Å². The third-order valence-corrected chi connectivity index (χ3v) is 8.51. The number of ether oxygens (including phenoxy) is 1. The van der Waals surface area contributed by atoms with E-state index in [2.05, 4.69) is 31.7 Å². The standard InChI is InChI=1S/C28H25BrF3N5O4S/c1-14(2)19-7-6-15(3)9-21(19)41-18-11-16(10-17(12-18)37(39)40)33-27(38)25-24(29)26-34-20(22-5-4-8-42-22)13-23(28(30,31)32)36(26)35-25/h4-12,14,20,23,34H,13H2,1-3H3,(H,33,38). The van der Waals surface area contributed by atoms with Crippen molar-refractivity contribution in [3.8, 4) is 11.5 Å². The fraction of sp³-hybridized carbons (Fsp3) is 0.286. The van der Waals surface area contributed by atoms with Gasteiger partial charge in [-0.3, -0.25) is 14.9 Å². The number of amides is 1. The summed E-state index contributed by atoms with van der Waals surface area (Å²) in [6.07, 6.45) is -4.93. The van der Waals surface area contributed by atoms with Crippen LogP contribution in [0, 0.1) is 17.0 Å². The Balaban J connectivity index is 1.47. The number of alkyl halides is 3. The predicted molar refractivity (Wildman–Crippen MR) is 157 cm³/mol. The number of rotatable bonds is 7. The van der Waals surface area contributed by atoms with Crippen LogP contribution in [0.4, 0.5) is 30.4 Å². The fourth-order valence-electron chi connectivity index (χ4n) is 4.75. The second-order valence-corrected chi connectivity index (χ2v) is 12.0. The Kier molecular flexibility index (Phi) is 8.03. The zero-order chi connectivity index (χ0) is 30.3. The molecule has 14 heteroatoms. The number of anilines is 2. The summed E-state index contributed by atoms with van der Waals surface area (Å²) in [5.41, 5.74) is 1.17. The molecule has 0 saturated heterocycles. The highest BCUT2D eigenvalue weighted by Gasteiger charge is 2.48. The van der Waals surface area contributed by atoms with Gasteiger partial charge >= 0.3 is 6.18 Å². The summed E-state index contributed by atoms with van der Waals surface area (Å²) in [5, 5.41) is 23.1. The maximum atomic E-state index is 14.1. The van der Waals surface area contributed by atoms with Gasteiger partial charge in [-0.2, -0.15) is 18.3 Å². The van der Waals surface area contributed by atoms with E-state index in [-0.39, 0.29) is 45.4 Å². The maximum absolute atomic E-state index is 14.1. The first kappa shape index (κ1) is 29.6. The zero-order valence-electron chi connectivity index (χ0n) is 22.5. The maximum Gasteiger partial charge on any atom is 0.410 e. The van der Waals surface area contributed by atoms with Crippen LogP contribution < -0.4 is 15.4 Å².